The summed E-state index contributed by atoms with van der Waals surface area (Å²) in [6.45, 7) is 1.48. The van der Waals surface area contributed by atoms with Crippen molar-refractivity contribution in [3.05, 3.63) is 70.7 Å². The molecule has 148 valence electrons. The first-order valence-electron chi connectivity index (χ1n) is 9.49. The predicted octanol–water partition coefficient (Wildman–Crippen LogP) is 5.31. The highest BCUT2D eigenvalue weighted by Gasteiger charge is 2.26. The monoisotopic (exact) mass is 426 g/mol. The second kappa shape index (κ2) is 8.80. The van der Waals surface area contributed by atoms with E-state index in [9.17, 15) is 4.79 Å². The lowest BCUT2D eigenvalue weighted by Gasteiger charge is -2.32. The van der Waals surface area contributed by atoms with Gasteiger partial charge in [0.15, 0.2) is 5.82 Å². The minimum Gasteiger partial charge on any atom is -0.354 e. The smallest absolute Gasteiger partial charge is 0.229 e. The van der Waals surface area contributed by atoms with Gasteiger partial charge < -0.3 is 10.2 Å². The number of aromatic nitrogens is 2. The summed E-state index contributed by atoms with van der Waals surface area (Å²) in [5.74, 6) is 0.701. The molecule has 2 aromatic carbocycles. The summed E-state index contributed by atoms with van der Waals surface area (Å²) in [4.78, 5) is 14.8. The second-order valence-electron chi connectivity index (χ2n) is 7.06. The van der Waals surface area contributed by atoms with Crippen LogP contribution in [0.3, 0.4) is 0 Å². The molecule has 29 heavy (non-hydrogen) atoms. The van der Waals surface area contributed by atoms with E-state index in [0.717, 1.165) is 42.1 Å². The zero-order valence-corrected chi connectivity index (χ0v) is 17.2. The van der Waals surface area contributed by atoms with Gasteiger partial charge in [0.1, 0.15) is 0 Å². The van der Waals surface area contributed by atoms with Crippen molar-refractivity contribution in [1.82, 2.24) is 10.2 Å². The molecule has 1 saturated heterocycles. The average molecular weight is 427 g/mol. The van der Waals surface area contributed by atoms with Crippen molar-refractivity contribution in [1.29, 1.82) is 0 Å². The highest BCUT2D eigenvalue weighted by Crippen LogP contribution is 2.25. The summed E-state index contributed by atoms with van der Waals surface area (Å²) >= 11 is 11.8. The summed E-state index contributed by atoms with van der Waals surface area (Å²) in [7, 11) is 0. The van der Waals surface area contributed by atoms with Gasteiger partial charge in [-0.1, -0.05) is 35.3 Å². The Morgan fingerprint density at radius 2 is 1.62 bits per heavy atom. The van der Waals surface area contributed by atoms with Crippen molar-refractivity contribution < 1.29 is 4.79 Å². The number of anilines is 2. The Hall–Kier alpha value is -2.63. The zero-order chi connectivity index (χ0) is 20.2. The van der Waals surface area contributed by atoms with Gasteiger partial charge in [0.05, 0.1) is 11.6 Å². The number of carbonyl (C=O) groups is 1. The van der Waals surface area contributed by atoms with E-state index in [0.29, 0.717) is 16.6 Å². The lowest BCUT2D eigenvalue weighted by atomic mass is 9.97. The Bertz CT molecular complexity index is 975. The minimum absolute atomic E-state index is 0.0165. The van der Waals surface area contributed by atoms with Gasteiger partial charge in [0.25, 0.3) is 0 Å². The Kier molecular flexibility index (Phi) is 5.97. The van der Waals surface area contributed by atoms with Gasteiger partial charge in [0, 0.05) is 34.4 Å². The molecule has 1 amide bonds. The number of rotatable bonds is 4. The summed E-state index contributed by atoms with van der Waals surface area (Å²) in [5, 5.41) is 13.0. The van der Waals surface area contributed by atoms with Crippen molar-refractivity contribution in [2.24, 2.45) is 5.92 Å². The van der Waals surface area contributed by atoms with Crippen molar-refractivity contribution in [2.75, 3.05) is 23.3 Å². The average Bonchev–Trinajstić information content (AvgIpc) is 2.76. The van der Waals surface area contributed by atoms with Gasteiger partial charge in [-0.05, 0) is 61.4 Å². The molecule has 1 aliphatic rings. The molecule has 1 unspecified atom stereocenters. The predicted molar refractivity (Wildman–Crippen MR) is 117 cm³/mol. The zero-order valence-electron chi connectivity index (χ0n) is 15.7. The van der Waals surface area contributed by atoms with Crippen LogP contribution in [0, 0.1) is 5.92 Å². The maximum absolute atomic E-state index is 12.7. The third kappa shape index (κ3) is 4.86. The molecule has 0 spiro atoms. The molecule has 0 bridgehead atoms. The van der Waals surface area contributed by atoms with E-state index in [1.807, 2.05) is 48.5 Å². The minimum atomic E-state index is -0.0998. The molecule has 5 nitrogen and oxygen atoms in total. The normalized spacial score (nSPS) is 16.5. The molecule has 0 radical (unpaired) electrons. The highest BCUT2D eigenvalue weighted by molar-refractivity contribution is 6.30. The van der Waals surface area contributed by atoms with Crippen LogP contribution in [0.2, 0.25) is 10.0 Å². The highest BCUT2D eigenvalue weighted by atomic mass is 35.5. The first-order chi connectivity index (χ1) is 14.1. The second-order valence-corrected chi connectivity index (χ2v) is 7.94. The third-order valence-electron chi connectivity index (χ3n) is 5.02. The van der Waals surface area contributed by atoms with Crippen LogP contribution in [0.15, 0.2) is 60.7 Å². The van der Waals surface area contributed by atoms with Crippen LogP contribution in [-0.2, 0) is 4.79 Å². The van der Waals surface area contributed by atoms with Crippen LogP contribution in [0.1, 0.15) is 12.8 Å². The molecule has 1 aromatic heterocycles. The van der Waals surface area contributed by atoms with Gasteiger partial charge in [-0.15, -0.1) is 10.2 Å². The summed E-state index contributed by atoms with van der Waals surface area (Å²) in [5.41, 5.74) is 2.51. The van der Waals surface area contributed by atoms with Crippen LogP contribution in [0.4, 0.5) is 11.5 Å². The summed E-state index contributed by atoms with van der Waals surface area (Å²) in [6, 6.07) is 18.6. The molecule has 1 atom stereocenters. The molecule has 3 aromatic rings. The van der Waals surface area contributed by atoms with Crippen LogP contribution in [0.25, 0.3) is 11.3 Å². The summed E-state index contributed by atoms with van der Waals surface area (Å²) in [6.07, 6.45) is 1.78. The van der Waals surface area contributed by atoms with Gasteiger partial charge >= 0.3 is 0 Å². The maximum Gasteiger partial charge on any atom is 0.229 e. The Balaban J connectivity index is 1.41. The quantitative estimate of drug-likeness (QED) is 0.614. The van der Waals surface area contributed by atoms with Crippen LogP contribution >= 0.6 is 23.2 Å². The van der Waals surface area contributed by atoms with Crippen molar-refractivity contribution in [2.45, 2.75) is 12.8 Å². The number of nitrogens with one attached hydrogen (secondary N) is 1. The molecular formula is C22H20Cl2N4O. The molecule has 1 aliphatic heterocycles. The molecule has 0 saturated carbocycles. The standard InChI is InChI=1S/C22H20Cl2N4O/c23-17-5-3-15(4-6-17)20-11-12-21(27-26-20)28-13-1-2-16(14-28)22(29)25-19-9-7-18(24)8-10-19/h3-12,16H,1-2,13-14H2,(H,25,29). The number of hydrogen-bond acceptors (Lipinski definition) is 4. The summed E-state index contributed by atoms with van der Waals surface area (Å²) < 4.78 is 0. The van der Waals surface area contributed by atoms with Gasteiger partial charge in [0.2, 0.25) is 5.91 Å². The van der Waals surface area contributed by atoms with E-state index in [4.69, 9.17) is 23.2 Å². The first-order valence-corrected chi connectivity index (χ1v) is 10.2. The van der Waals surface area contributed by atoms with E-state index in [2.05, 4.69) is 20.4 Å². The lowest BCUT2D eigenvalue weighted by molar-refractivity contribution is -0.120. The van der Waals surface area contributed by atoms with Crippen LogP contribution in [0.5, 0.6) is 0 Å². The Labute approximate surface area is 179 Å². The molecule has 1 fully saturated rings. The maximum atomic E-state index is 12.7. The molecule has 1 N–H and O–H groups in total. The third-order valence-corrected chi connectivity index (χ3v) is 5.52. The van der Waals surface area contributed by atoms with Gasteiger partial charge in [-0.2, -0.15) is 0 Å². The van der Waals surface area contributed by atoms with E-state index in [-0.39, 0.29) is 11.8 Å². The Morgan fingerprint density at radius 1 is 0.931 bits per heavy atom. The number of halogens is 2. The number of hydrogen-bond donors (Lipinski definition) is 1. The number of carbonyl (C=O) groups excluding carboxylic acids is 1. The van der Waals surface area contributed by atoms with E-state index >= 15 is 0 Å². The van der Waals surface area contributed by atoms with E-state index in [1.165, 1.54) is 0 Å². The molecule has 4 rings (SSSR count). The fourth-order valence-corrected chi connectivity index (χ4v) is 3.70. The van der Waals surface area contributed by atoms with Crippen LogP contribution < -0.4 is 10.2 Å². The largest absolute Gasteiger partial charge is 0.354 e. The first kappa shape index (κ1) is 19.7. The SMILES string of the molecule is O=C(Nc1ccc(Cl)cc1)C1CCCN(c2ccc(-c3ccc(Cl)cc3)nn2)C1. The topological polar surface area (TPSA) is 58.1 Å². The molecule has 7 heteroatoms. The number of amides is 1. The number of nitrogens with zero attached hydrogens (tertiary/aromatic N) is 3. The lowest BCUT2D eigenvalue weighted by Crippen LogP contribution is -2.41. The van der Waals surface area contributed by atoms with Crippen molar-refractivity contribution in [3.63, 3.8) is 0 Å². The van der Waals surface area contributed by atoms with Crippen LogP contribution in [-0.4, -0.2) is 29.2 Å². The fraction of sp³-hybridized carbons (Fsp3) is 0.227. The molecule has 2 heterocycles. The molecule has 0 aliphatic carbocycles. The van der Waals surface area contributed by atoms with E-state index < -0.39 is 0 Å². The Morgan fingerprint density at radius 3 is 2.28 bits per heavy atom. The van der Waals surface area contributed by atoms with Gasteiger partial charge in [-0.25, -0.2) is 0 Å². The van der Waals surface area contributed by atoms with Gasteiger partial charge in [-0.3, -0.25) is 4.79 Å². The number of piperidine rings is 1. The fourth-order valence-electron chi connectivity index (χ4n) is 3.45. The molecular weight excluding hydrogens is 407 g/mol. The number of benzene rings is 2. The van der Waals surface area contributed by atoms with Crippen molar-refractivity contribution in [3.8, 4) is 11.3 Å². The van der Waals surface area contributed by atoms with Crippen molar-refractivity contribution >= 4 is 40.6 Å². The van der Waals surface area contributed by atoms with E-state index in [1.54, 1.807) is 12.1 Å².